The number of fused-ring (bicyclic) bond motifs is 4. The number of hydrogen-bond acceptors (Lipinski definition) is 8. The molecule has 9 nitrogen and oxygen atoms in total. The molecule has 2 aromatic rings. The number of hydrogen-bond donors (Lipinski definition) is 1. The van der Waals surface area contributed by atoms with Gasteiger partial charge in [0.1, 0.15) is 0 Å². The topological polar surface area (TPSA) is 84.9 Å². The van der Waals surface area contributed by atoms with Crippen molar-refractivity contribution in [3.05, 3.63) is 83.2 Å². The highest BCUT2D eigenvalue weighted by molar-refractivity contribution is 6.02. The first-order chi connectivity index (χ1) is 21.9. The van der Waals surface area contributed by atoms with Crippen molar-refractivity contribution in [1.82, 2.24) is 9.80 Å². The molecule has 0 aliphatic carbocycles. The van der Waals surface area contributed by atoms with Gasteiger partial charge in [0.25, 0.3) is 5.91 Å². The number of nitrogens with one attached hydrogen (secondary N) is 1. The van der Waals surface area contributed by atoms with Crippen LogP contribution in [0.15, 0.2) is 77.1 Å². The summed E-state index contributed by atoms with van der Waals surface area (Å²) >= 11 is 0. The van der Waals surface area contributed by atoms with Crippen molar-refractivity contribution < 1.29 is 23.7 Å². The Morgan fingerprint density at radius 3 is 2.31 bits per heavy atom. The standard InChI is InChI=1S/C36H42N4O5/c1-6-9-24-13-27-19-37-29-17-34(32(42-4)15-26(29)22-39(27)20-24)44-11-8-12-45-35-18-30-28(16-33(35)43-5)36(41)40-21-25(10-7-2)14-31(40)23(3)38-30/h6-7,9-10,15-21,23,27,31,38H,8,11-14,22H2,1-5H3. The zero-order chi connectivity index (χ0) is 31.5. The van der Waals surface area contributed by atoms with Crippen LogP contribution in [-0.4, -0.2) is 67.5 Å². The first kappa shape index (κ1) is 30.4. The quantitative estimate of drug-likeness (QED) is 0.297. The molecule has 1 amide bonds. The number of allylic oxidation sites excluding steroid dienone is 4. The summed E-state index contributed by atoms with van der Waals surface area (Å²) in [6.45, 7) is 7.75. The van der Waals surface area contributed by atoms with E-state index in [-0.39, 0.29) is 24.0 Å². The second-order valence-electron chi connectivity index (χ2n) is 11.8. The molecule has 4 heterocycles. The lowest BCUT2D eigenvalue weighted by Gasteiger charge is -2.26. The smallest absolute Gasteiger partial charge is 0.260 e. The van der Waals surface area contributed by atoms with Crippen molar-refractivity contribution in [2.24, 2.45) is 4.99 Å². The van der Waals surface area contributed by atoms with Crippen molar-refractivity contribution in [2.45, 2.75) is 64.7 Å². The fourth-order valence-corrected chi connectivity index (χ4v) is 6.47. The van der Waals surface area contributed by atoms with Gasteiger partial charge in [-0.3, -0.25) is 9.79 Å². The molecule has 4 aliphatic heterocycles. The highest BCUT2D eigenvalue weighted by atomic mass is 16.5. The number of rotatable bonds is 10. The monoisotopic (exact) mass is 610 g/mol. The van der Waals surface area contributed by atoms with Crippen molar-refractivity contribution in [1.29, 1.82) is 0 Å². The largest absolute Gasteiger partial charge is 0.493 e. The summed E-state index contributed by atoms with van der Waals surface area (Å²) in [6.07, 6.45) is 16.9. The second-order valence-corrected chi connectivity index (χ2v) is 11.8. The molecule has 0 aromatic heterocycles. The van der Waals surface area contributed by atoms with Gasteiger partial charge in [0.05, 0.1) is 56.5 Å². The van der Waals surface area contributed by atoms with Gasteiger partial charge in [-0.1, -0.05) is 24.3 Å². The van der Waals surface area contributed by atoms with Gasteiger partial charge >= 0.3 is 0 Å². The average Bonchev–Trinajstić information content (AvgIpc) is 3.57. The highest BCUT2D eigenvalue weighted by Gasteiger charge is 2.37. The van der Waals surface area contributed by atoms with Crippen molar-refractivity contribution in [3.8, 4) is 23.0 Å². The number of benzene rings is 2. The summed E-state index contributed by atoms with van der Waals surface area (Å²) in [5.74, 6) is 2.41. The maximum atomic E-state index is 13.6. The molecule has 9 heteroatoms. The number of methoxy groups -OCH3 is 2. The predicted molar refractivity (Wildman–Crippen MR) is 177 cm³/mol. The molecule has 3 unspecified atom stereocenters. The average molecular weight is 611 g/mol. The highest BCUT2D eigenvalue weighted by Crippen LogP contribution is 2.40. The van der Waals surface area contributed by atoms with Gasteiger partial charge < -0.3 is 34.1 Å². The third-order valence-electron chi connectivity index (χ3n) is 8.71. The van der Waals surface area contributed by atoms with Crippen LogP contribution in [0.1, 0.15) is 56.0 Å². The van der Waals surface area contributed by atoms with E-state index in [1.165, 1.54) is 5.57 Å². The maximum Gasteiger partial charge on any atom is 0.260 e. The number of aliphatic imine (C=N–C) groups is 1. The molecule has 3 atom stereocenters. The van der Waals surface area contributed by atoms with Crippen LogP contribution in [-0.2, 0) is 6.54 Å². The molecule has 1 N–H and O–H groups in total. The molecule has 4 aliphatic rings. The zero-order valence-corrected chi connectivity index (χ0v) is 26.7. The summed E-state index contributed by atoms with van der Waals surface area (Å²) in [7, 11) is 3.25. The minimum absolute atomic E-state index is 0.0427. The Hall–Kier alpha value is -4.66. The van der Waals surface area contributed by atoms with E-state index in [0.29, 0.717) is 48.2 Å². The van der Waals surface area contributed by atoms with Crippen molar-refractivity contribution >= 4 is 23.5 Å². The zero-order valence-electron chi connectivity index (χ0n) is 26.7. The van der Waals surface area contributed by atoms with E-state index in [9.17, 15) is 4.79 Å². The van der Waals surface area contributed by atoms with Crippen LogP contribution in [0.25, 0.3) is 0 Å². The molecule has 2 aromatic carbocycles. The summed E-state index contributed by atoms with van der Waals surface area (Å²) in [5, 5.41) is 3.55. The van der Waals surface area contributed by atoms with Crippen LogP contribution in [0.4, 0.5) is 11.4 Å². The summed E-state index contributed by atoms with van der Waals surface area (Å²) in [4.78, 5) is 22.5. The van der Waals surface area contributed by atoms with Gasteiger partial charge in [0.15, 0.2) is 23.0 Å². The molecule has 0 radical (unpaired) electrons. The Balaban J connectivity index is 1.09. The summed E-state index contributed by atoms with van der Waals surface area (Å²) in [6, 6.07) is 8.00. The fraction of sp³-hybridized carbons (Fsp3) is 0.389. The molecular weight excluding hydrogens is 568 g/mol. The Kier molecular flexibility index (Phi) is 8.87. The minimum atomic E-state index is -0.0427. The van der Waals surface area contributed by atoms with Crippen molar-refractivity contribution in [3.63, 3.8) is 0 Å². The minimum Gasteiger partial charge on any atom is -0.493 e. The first-order valence-electron chi connectivity index (χ1n) is 15.7. The first-order valence-corrected chi connectivity index (χ1v) is 15.7. The summed E-state index contributed by atoms with van der Waals surface area (Å²) < 4.78 is 23.6. The molecule has 45 heavy (non-hydrogen) atoms. The fourth-order valence-electron chi connectivity index (χ4n) is 6.47. The lowest BCUT2D eigenvalue weighted by Crippen LogP contribution is -2.40. The van der Waals surface area contributed by atoms with Crippen LogP contribution >= 0.6 is 0 Å². The lowest BCUT2D eigenvalue weighted by molar-refractivity contribution is 0.0783. The van der Waals surface area contributed by atoms with Gasteiger partial charge in [0, 0.05) is 55.3 Å². The van der Waals surface area contributed by atoms with E-state index in [1.54, 1.807) is 20.3 Å². The number of ether oxygens (including phenoxy) is 4. The predicted octanol–water partition coefficient (Wildman–Crippen LogP) is 6.79. The molecule has 0 bridgehead atoms. The maximum absolute atomic E-state index is 13.6. The lowest BCUT2D eigenvalue weighted by atomic mass is 10.0. The Labute approximate surface area is 265 Å². The van der Waals surface area contributed by atoms with Crippen molar-refractivity contribution in [2.75, 3.05) is 32.8 Å². The number of nitrogens with zero attached hydrogens (tertiary/aromatic N) is 3. The Morgan fingerprint density at radius 1 is 0.911 bits per heavy atom. The number of amides is 1. The van der Waals surface area contributed by atoms with Gasteiger partial charge in [0.2, 0.25) is 0 Å². The normalized spacial score (nSPS) is 21.8. The van der Waals surface area contributed by atoms with Gasteiger partial charge in [-0.2, -0.15) is 0 Å². The van der Waals surface area contributed by atoms with E-state index in [2.05, 4.69) is 41.6 Å². The van der Waals surface area contributed by atoms with Crippen LogP contribution in [0.5, 0.6) is 23.0 Å². The molecule has 236 valence electrons. The Morgan fingerprint density at radius 2 is 1.60 bits per heavy atom. The van der Waals surface area contributed by atoms with Crippen LogP contribution in [0.3, 0.4) is 0 Å². The van der Waals surface area contributed by atoms with E-state index in [0.717, 1.165) is 41.9 Å². The van der Waals surface area contributed by atoms with Gasteiger partial charge in [-0.05, 0) is 56.9 Å². The molecule has 0 saturated heterocycles. The number of carbonyl (C=O) groups is 1. The van der Waals surface area contributed by atoms with Crippen LogP contribution < -0.4 is 24.3 Å². The summed E-state index contributed by atoms with van der Waals surface area (Å²) in [5.41, 5.74) is 5.78. The molecule has 0 spiro atoms. The van der Waals surface area contributed by atoms with E-state index in [4.69, 9.17) is 23.9 Å². The number of carbonyl (C=O) groups excluding carboxylic acids is 1. The molecule has 6 rings (SSSR count). The molecule has 0 fully saturated rings. The SMILES string of the molecule is CC=CC1=CN2Cc3cc(OC)c(OCCCOc4cc5c(cc4OC)C(=O)N4C=C(C=CC)CC4C(C)N5)cc3N=CC2C1. The van der Waals surface area contributed by atoms with E-state index in [1.807, 2.05) is 55.4 Å². The third-order valence-corrected chi connectivity index (χ3v) is 8.71. The Bertz CT molecular complexity index is 1610. The third kappa shape index (κ3) is 6.16. The van der Waals surface area contributed by atoms with Crippen LogP contribution in [0, 0.1) is 0 Å². The van der Waals surface area contributed by atoms with Gasteiger partial charge in [-0.25, -0.2) is 0 Å². The second kappa shape index (κ2) is 13.1. The van der Waals surface area contributed by atoms with E-state index < -0.39 is 0 Å². The molecule has 0 saturated carbocycles. The van der Waals surface area contributed by atoms with E-state index >= 15 is 0 Å². The molecular formula is C36H42N4O5. The number of anilines is 1. The van der Waals surface area contributed by atoms with Gasteiger partial charge in [-0.15, -0.1) is 0 Å². The van der Waals surface area contributed by atoms with Crippen LogP contribution in [0.2, 0.25) is 0 Å².